The molecule has 1 aromatic rings. The number of methoxy groups -OCH3 is 1. The minimum absolute atomic E-state index is 0.188. The van der Waals surface area contributed by atoms with Crippen LogP contribution in [-0.2, 0) is 19.0 Å². The molecule has 8 nitrogen and oxygen atoms in total. The smallest absolute Gasteiger partial charge is 0.433 e. The van der Waals surface area contributed by atoms with Gasteiger partial charge in [-0.05, 0) is 59.8 Å². The molecule has 0 heterocycles. The van der Waals surface area contributed by atoms with Crippen molar-refractivity contribution in [3.05, 3.63) is 40.9 Å². The summed E-state index contributed by atoms with van der Waals surface area (Å²) in [5.74, 6) is -0.532. The van der Waals surface area contributed by atoms with Crippen molar-refractivity contribution >= 4 is 35.5 Å². The van der Waals surface area contributed by atoms with Gasteiger partial charge in [-0.1, -0.05) is 23.7 Å². The van der Waals surface area contributed by atoms with Crippen LogP contribution in [0.25, 0.3) is 5.70 Å². The highest BCUT2D eigenvalue weighted by Crippen LogP contribution is 2.29. The van der Waals surface area contributed by atoms with E-state index >= 15 is 0 Å². The fourth-order valence-electron chi connectivity index (χ4n) is 2.35. The van der Waals surface area contributed by atoms with Gasteiger partial charge in [-0.2, -0.15) is 5.01 Å². The summed E-state index contributed by atoms with van der Waals surface area (Å²) in [4.78, 5) is 37.4. The van der Waals surface area contributed by atoms with Gasteiger partial charge in [0, 0.05) is 10.6 Å². The summed E-state index contributed by atoms with van der Waals surface area (Å²) in [5.41, 5.74) is 1.95. The minimum Gasteiger partial charge on any atom is -0.468 e. The lowest BCUT2D eigenvalue weighted by Crippen LogP contribution is -2.47. The molecule has 9 heteroatoms. The number of nitrogens with one attached hydrogen (secondary N) is 1. The molecular weight excluding hydrogens is 412 g/mol. The summed E-state index contributed by atoms with van der Waals surface area (Å²) in [6.07, 6.45) is -1.08. The molecule has 0 aliphatic carbocycles. The lowest BCUT2D eigenvalue weighted by Gasteiger charge is -2.28. The van der Waals surface area contributed by atoms with Crippen molar-refractivity contribution in [1.29, 1.82) is 0 Å². The molecule has 0 aliphatic heterocycles. The quantitative estimate of drug-likeness (QED) is 0.388. The topological polar surface area (TPSA) is 94.2 Å². The van der Waals surface area contributed by atoms with Gasteiger partial charge in [0.05, 0.1) is 30.4 Å². The summed E-state index contributed by atoms with van der Waals surface area (Å²) >= 11 is 5.99. The monoisotopic (exact) mass is 440 g/mol. The Kier molecular flexibility index (Phi) is 9.17. The molecule has 0 unspecified atom stereocenters. The Labute approximate surface area is 182 Å². The molecule has 0 bridgehead atoms. The van der Waals surface area contributed by atoms with E-state index in [-0.39, 0.29) is 5.70 Å². The van der Waals surface area contributed by atoms with E-state index in [1.807, 2.05) is 0 Å². The van der Waals surface area contributed by atoms with Crippen molar-refractivity contribution < 1.29 is 28.6 Å². The largest absolute Gasteiger partial charge is 0.468 e. The zero-order valence-corrected chi connectivity index (χ0v) is 19.1. The first-order chi connectivity index (χ1) is 13.9. The zero-order chi connectivity index (χ0) is 23.1. The van der Waals surface area contributed by atoms with Crippen LogP contribution in [-0.4, -0.2) is 42.5 Å². The Morgan fingerprint density at radius 3 is 2.03 bits per heavy atom. The summed E-state index contributed by atoms with van der Waals surface area (Å²) in [5, 5.41) is 1.38. The van der Waals surface area contributed by atoms with Crippen molar-refractivity contribution in [3.63, 3.8) is 0 Å². The number of rotatable bonds is 6. The summed E-state index contributed by atoms with van der Waals surface area (Å²) in [6, 6.07) is 6.53. The van der Waals surface area contributed by atoms with Gasteiger partial charge in [0.1, 0.15) is 0 Å². The van der Waals surface area contributed by atoms with Gasteiger partial charge in [0.15, 0.2) is 0 Å². The first-order valence-electron chi connectivity index (χ1n) is 9.42. The van der Waals surface area contributed by atoms with E-state index < -0.39 is 35.8 Å². The molecule has 2 amide bonds. The molecule has 0 spiro atoms. The molecule has 0 saturated heterocycles. The van der Waals surface area contributed by atoms with Gasteiger partial charge in [-0.3, -0.25) is 4.79 Å². The third-order valence-corrected chi connectivity index (χ3v) is 3.91. The second-order valence-corrected chi connectivity index (χ2v) is 8.02. The highest BCUT2D eigenvalue weighted by atomic mass is 35.5. The predicted molar refractivity (Wildman–Crippen MR) is 113 cm³/mol. The van der Waals surface area contributed by atoms with Gasteiger partial charge >= 0.3 is 18.2 Å². The number of ether oxygens (including phenoxy) is 3. The van der Waals surface area contributed by atoms with Crippen molar-refractivity contribution in [2.75, 3.05) is 7.11 Å². The zero-order valence-electron chi connectivity index (χ0n) is 18.3. The maximum Gasteiger partial charge on any atom is 0.433 e. The van der Waals surface area contributed by atoms with Gasteiger partial charge < -0.3 is 14.2 Å². The number of hydrazine groups is 1. The average Bonchev–Trinajstić information content (AvgIpc) is 2.63. The molecule has 0 aliphatic rings. The van der Waals surface area contributed by atoms with Crippen LogP contribution < -0.4 is 5.43 Å². The van der Waals surface area contributed by atoms with Crippen LogP contribution in [0.1, 0.15) is 47.1 Å². The van der Waals surface area contributed by atoms with Crippen LogP contribution in [0.15, 0.2) is 30.3 Å². The predicted octanol–water partition coefficient (Wildman–Crippen LogP) is 4.78. The Morgan fingerprint density at radius 1 is 1.03 bits per heavy atom. The fourth-order valence-corrected chi connectivity index (χ4v) is 2.48. The second kappa shape index (κ2) is 10.9. The highest BCUT2D eigenvalue weighted by molar-refractivity contribution is 6.30. The molecule has 0 radical (unpaired) electrons. The number of hydrogen-bond donors (Lipinski definition) is 1. The van der Waals surface area contributed by atoms with Gasteiger partial charge in [0.25, 0.3) is 0 Å². The Balaban J connectivity index is 3.56. The van der Waals surface area contributed by atoms with E-state index in [4.69, 9.17) is 25.8 Å². The number of benzene rings is 1. The van der Waals surface area contributed by atoms with E-state index in [0.29, 0.717) is 10.6 Å². The Morgan fingerprint density at radius 2 is 1.57 bits per heavy atom. The van der Waals surface area contributed by atoms with E-state index in [1.54, 1.807) is 65.8 Å². The highest BCUT2D eigenvalue weighted by Gasteiger charge is 2.32. The third kappa shape index (κ3) is 7.59. The number of amides is 2. The van der Waals surface area contributed by atoms with Crippen molar-refractivity contribution in [1.82, 2.24) is 10.4 Å². The molecule has 0 atom stereocenters. The number of hydrogen-bond acceptors (Lipinski definition) is 6. The molecule has 1 N–H and O–H groups in total. The maximum absolute atomic E-state index is 12.8. The van der Waals surface area contributed by atoms with Gasteiger partial charge in [0.2, 0.25) is 0 Å². The van der Waals surface area contributed by atoms with E-state index in [1.165, 1.54) is 13.2 Å². The number of esters is 1. The third-order valence-electron chi connectivity index (χ3n) is 3.65. The normalized spacial score (nSPS) is 11.9. The van der Waals surface area contributed by atoms with Crippen molar-refractivity contribution in [2.45, 2.75) is 53.8 Å². The summed E-state index contributed by atoms with van der Waals surface area (Å²) in [6.45, 7) is 9.93. The summed E-state index contributed by atoms with van der Waals surface area (Å²) in [7, 11) is 1.27. The molecule has 166 valence electrons. The maximum atomic E-state index is 12.8. The molecule has 0 saturated carbocycles. The first kappa shape index (κ1) is 25.3. The van der Waals surface area contributed by atoms with Crippen LogP contribution >= 0.6 is 11.6 Å². The van der Waals surface area contributed by atoms with Crippen LogP contribution in [0.5, 0.6) is 0 Å². The van der Waals surface area contributed by atoms with E-state index in [2.05, 4.69) is 5.43 Å². The Hall–Kier alpha value is -2.74. The number of carbonyl (C=O) groups excluding carboxylic acids is 3. The average molecular weight is 441 g/mol. The van der Waals surface area contributed by atoms with Gasteiger partial charge in [-0.25, -0.2) is 15.0 Å². The SMILES string of the molecule is COC(=O)C(C)(C)/C=C(\c1ccc(Cl)cc1)N(NC(=O)OC(C)C)C(=O)OC(C)C. The fraction of sp³-hybridized carbons (Fsp3) is 0.476. The van der Waals surface area contributed by atoms with E-state index in [9.17, 15) is 14.4 Å². The first-order valence-corrected chi connectivity index (χ1v) is 9.80. The number of carbonyl (C=O) groups is 3. The van der Waals surface area contributed by atoms with Crippen LogP contribution in [0.4, 0.5) is 9.59 Å². The van der Waals surface area contributed by atoms with Crippen LogP contribution in [0.3, 0.4) is 0 Å². The van der Waals surface area contributed by atoms with Crippen molar-refractivity contribution in [2.24, 2.45) is 5.41 Å². The number of halogens is 1. The lowest BCUT2D eigenvalue weighted by atomic mass is 9.91. The molecule has 0 fully saturated rings. The van der Waals surface area contributed by atoms with Gasteiger partial charge in [-0.15, -0.1) is 0 Å². The molecule has 0 aromatic heterocycles. The number of nitrogens with zero attached hydrogens (tertiary/aromatic N) is 1. The summed E-state index contributed by atoms with van der Waals surface area (Å²) < 4.78 is 15.2. The Bertz CT molecular complexity index is 787. The van der Waals surface area contributed by atoms with Crippen molar-refractivity contribution in [3.8, 4) is 0 Å². The molecule has 1 rings (SSSR count). The molecular formula is C21H29ClN2O6. The molecule has 1 aromatic carbocycles. The van der Waals surface area contributed by atoms with Crippen LogP contribution in [0.2, 0.25) is 5.02 Å². The minimum atomic E-state index is -1.14. The standard InChI is InChI=1S/C21H29ClN2O6/c1-13(2)29-19(26)23-24(20(27)30-14(3)4)17(12-21(5,6)18(25)28-7)15-8-10-16(22)11-9-15/h8-14H,1-7H3,(H,23,26)/b17-12+. The lowest BCUT2D eigenvalue weighted by molar-refractivity contribution is -0.148. The van der Waals surface area contributed by atoms with Crippen LogP contribution in [0, 0.1) is 5.41 Å². The molecule has 30 heavy (non-hydrogen) atoms. The second-order valence-electron chi connectivity index (χ2n) is 7.58. The van der Waals surface area contributed by atoms with E-state index in [0.717, 1.165) is 5.01 Å².